The smallest absolute Gasteiger partial charge is 0.368 e. The number of alkyl halides is 3. The van der Waals surface area contributed by atoms with E-state index in [-0.39, 0.29) is 13.1 Å². The molecule has 0 spiro atoms. The topological polar surface area (TPSA) is 91.0 Å². The molecule has 33 heavy (non-hydrogen) atoms. The summed E-state index contributed by atoms with van der Waals surface area (Å²) in [5, 5.41) is 3.13. The van der Waals surface area contributed by atoms with Gasteiger partial charge in [0.2, 0.25) is 11.8 Å². The summed E-state index contributed by atoms with van der Waals surface area (Å²) >= 11 is 0. The Kier molecular flexibility index (Phi) is 8.84. The Labute approximate surface area is 191 Å². The van der Waals surface area contributed by atoms with Crippen molar-refractivity contribution in [3.63, 3.8) is 0 Å². The van der Waals surface area contributed by atoms with Crippen LogP contribution in [0.4, 0.5) is 18.9 Å². The van der Waals surface area contributed by atoms with Gasteiger partial charge in [0.25, 0.3) is 0 Å². The summed E-state index contributed by atoms with van der Waals surface area (Å²) < 4.78 is 38.7. The zero-order chi connectivity index (χ0) is 24.6. The SMILES string of the molecule is C=CC(=O)N1CCN(C(=N\C=C/C)/C(=C/CC)Nc2ccc(C(F)(F)F)cc2)CC1C(N)=O. The molecule has 1 aromatic carbocycles. The van der Waals surface area contributed by atoms with Crippen molar-refractivity contribution in [3.05, 3.63) is 66.5 Å². The normalized spacial score (nSPS) is 17.9. The summed E-state index contributed by atoms with van der Waals surface area (Å²) in [6, 6.07) is 3.79. The highest BCUT2D eigenvalue weighted by Gasteiger charge is 2.35. The minimum Gasteiger partial charge on any atom is -0.368 e. The van der Waals surface area contributed by atoms with Crippen molar-refractivity contribution in [1.29, 1.82) is 0 Å². The van der Waals surface area contributed by atoms with Crippen molar-refractivity contribution in [2.24, 2.45) is 10.7 Å². The highest BCUT2D eigenvalue weighted by atomic mass is 19.4. The molecule has 2 rings (SSSR count). The number of nitrogens with one attached hydrogen (secondary N) is 1. The Hall–Kier alpha value is -3.56. The lowest BCUT2D eigenvalue weighted by atomic mass is 10.1. The van der Waals surface area contributed by atoms with Crippen LogP contribution in [0, 0.1) is 0 Å². The van der Waals surface area contributed by atoms with Crippen LogP contribution in [0.1, 0.15) is 25.8 Å². The van der Waals surface area contributed by atoms with Crippen LogP contribution in [0.2, 0.25) is 0 Å². The van der Waals surface area contributed by atoms with Crippen molar-refractivity contribution >= 4 is 23.3 Å². The van der Waals surface area contributed by atoms with E-state index in [0.29, 0.717) is 30.2 Å². The highest BCUT2D eigenvalue weighted by molar-refractivity contribution is 6.02. The lowest BCUT2D eigenvalue weighted by Crippen LogP contribution is -2.61. The van der Waals surface area contributed by atoms with Gasteiger partial charge in [0, 0.05) is 31.5 Å². The Morgan fingerprint density at radius 2 is 1.94 bits per heavy atom. The molecular formula is C23H28F3N5O2. The number of carbonyl (C=O) groups excluding carboxylic acids is 2. The largest absolute Gasteiger partial charge is 0.416 e. The van der Waals surface area contributed by atoms with Gasteiger partial charge in [-0.05, 0) is 43.7 Å². The molecule has 178 valence electrons. The third-order valence-electron chi connectivity index (χ3n) is 4.95. The van der Waals surface area contributed by atoms with Crippen LogP contribution in [0.25, 0.3) is 0 Å². The predicted molar refractivity (Wildman–Crippen MR) is 122 cm³/mol. The van der Waals surface area contributed by atoms with Gasteiger partial charge in [-0.15, -0.1) is 0 Å². The number of hydrogen-bond acceptors (Lipinski definition) is 4. The number of amides is 2. The number of allylic oxidation sites excluding steroid dienone is 2. The average Bonchev–Trinajstić information content (AvgIpc) is 2.78. The third-order valence-corrected chi connectivity index (χ3v) is 4.95. The zero-order valence-corrected chi connectivity index (χ0v) is 18.6. The number of anilines is 1. The molecular weight excluding hydrogens is 435 g/mol. The van der Waals surface area contributed by atoms with Crippen LogP contribution < -0.4 is 11.1 Å². The zero-order valence-electron chi connectivity index (χ0n) is 18.6. The van der Waals surface area contributed by atoms with Crippen molar-refractivity contribution < 1.29 is 22.8 Å². The quantitative estimate of drug-likeness (QED) is 0.368. The van der Waals surface area contributed by atoms with Gasteiger partial charge in [-0.1, -0.05) is 25.7 Å². The van der Waals surface area contributed by atoms with Gasteiger partial charge in [-0.3, -0.25) is 9.59 Å². The number of piperazine rings is 1. The van der Waals surface area contributed by atoms with Crippen LogP contribution in [0.3, 0.4) is 0 Å². The first-order valence-electron chi connectivity index (χ1n) is 10.4. The second-order valence-electron chi connectivity index (χ2n) is 7.26. The summed E-state index contributed by atoms with van der Waals surface area (Å²) in [5.41, 5.74) is 5.81. The van der Waals surface area contributed by atoms with Crippen LogP contribution in [0.15, 0.2) is 66.0 Å². The fraction of sp³-hybridized carbons (Fsp3) is 0.348. The average molecular weight is 464 g/mol. The van der Waals surface area contributed by atoms with Crippen LogP contribution in [0.5, 0.6) is 0 Å². The molecule has 0 saturated carbocycles. The van der Waals surface area contributed by atoms with E-state index in [1.54, 1.807) is 19.2 Å². The number of hydrogen-bond donors (Lipinski definition) is 2. The van der Waals surface area contributed by atoms with Gasteiger partial charge in [0.1, 0.15) is 6.04 Å². The minimum absolute atomic E-state index is 0.112. The van der Waals surface area contributed by atoms with E-state index in [2.05, 4.69) is 16.9 Å². The van der Waals surface area contributed by atoms with Crippen LogP contribution in [-0.4, -0.2) is 53.1 Å². The summed E-state index contributed by atoms with van der Waals surface area (Å²) in [6.45, 7) is 7.88. The molecule has 0 aromatic heterocycles. The molecule has 0 aliphatic carbocycles. The number of nitrogens with two attached hydrogens (primary N) is 1. The van der Waals surface area contributed by atoms with Gasteiger partial charge < -0.3 is 20.9 Å². The van der Waals surface area contributed by atoms with Crippen molar-refractivity contribution in [1.82, 2.24) is 9.80 Å². The third kappa shape index (κ3) is 6.71. The first-order valence-corrected chi connectivity index (χ1v) is 10.4. The molecule has 1 aliphatic heterocycles. The molecule has 10 heteroatoms. The van der Waals surface area contributed by atoms with E-state index in [4.69, 9.17) is 5.73 Å². The monoisotopic (exact) mass is 463 g/mol. The summed E-state index contributed by atoms with van der Waals surface area (Å²) in [6.07, 6.45) is 2.48. The molecule has 0 bridgehead atoms. The number of benzene rings is 1. The Morgan fingerprint density at radius 1 is 1.27 bits per heavy atom. The number of amidine groups is 1. The first-order chi connectivity index (χ1) is 15.6. The van der Waals surface area contributed by atoms with E-state index in [1.807, 2.05) is 17.9 Å². The number of rotatable bonds is 7. The second-order valence-corrected chi connectivity index (χ2v) is 7.26. The Morgan fingerprint density at radius 3 is 2.45 bits per heavy atom. The molecule has 1 fully saturated rings. The maximum Gasteiger partial charge on any atom is 0.416 e. The van der Waals surface area contributed by atoms with Crippen molar-refractivity contribution in [2.45, 2.75) is 32.5 Å². The maximum atomic E-state index is 12.9. The maximum absolute atomic E-state index is 12.9. The molecule has 1 aliphatic rings. The molecule has 1 saturated heterocycles. The fourth-order valence-electron chi connectivity index (χ4n) is 3.37. The van der Waals surface area contributed by atoms with Gasteiger partial charge in [-0.25, -0.2) is 4.99 Å². The molecule has 0 radical (unpaired) electrons. The van der Waals surface area contributed by atoms with E-state index >= 15 is 0 Å². The van der Waals surface area contributed by atoms with Gasteiger partial charge in [-0.2, -0.15) is 13.2 Å². The highest BCUT2D eigenvalue weighted by Crippen LogP contribution is 2.30. The molecule has 7 nitrogen and oxygen atoms in total. The van der Waals surface area contributed by atoms with E-state index in [1.165, 1.54) is 17.0 Å². The molecule has 1 atom stereocenters. The van der Waals surface area contributed by atoms with E-state index in [9.17, 15) is 22.8 Å². The standard InChI is InChI=1S/C23H28F3N5O2/c1-4-7-18(29-17-10-8-16(9-11-17)23(24,25)26)22(28-12-5-2)30-13-14-31(20(32)6-3)19(15-30)21(27)33/h5-12,19,29H,3-4,13-15H2,1-2H3,(H2,27,33)/b12-5-,18-7-,28-22-. The number of primary amides is 1. The summed E-state index contributed by atoms with van der Waals surface area (Å²) in [7, 11) is 0. The lowest BCUT2D eigenvalue weighted by Gasteiger charge is -2.41. The molecule has 3 N–H and O–H groups in total. The number of nitrogens with zero attached hydrogens (tertiary/aromatic N) is 3. The lowest BCUT2D eigenvalue weighted by molar-refractivity contribution is -0.138. The van der Waals surface area contributed by atoms with Gasteiger partial charge in [0.15, 0.2) is 5.84 Å². The van der Waals surface area contributed by atoms with Gasteiger partial charge >= 0.3 is 6.18 Å². The van der Waals surface area contributed by atoms with E-state index < -0.39 is 29.6 Å². The predicted octanol–water partition coefficient (Wildman–Crippen LogP) is 3.53. The number of aliphatic imine (C=N–C) groups is 1. The molecule has 2 amide bonds. The van der Waals surface area contributed by atoms with Crippen molar-refractivity contribution in [2.75, 3.05) is 25.0 Å². The van der Waals surface area contributed by atoms with Gasteiger partial charge in [0.05, 0.1) is 11.3 Å². The molecule has 1 unspecified atom stereocenters. The summed E-state index contributed by atoms with van der Waals surface area (Å²) in [5.74, 6) is -0.568. The van der Waals surface area contributed by atoms with Crippen molar-refractivity contribution in [3.8, 4) is 0 Å². The Bertz CT molecular complexity index is 952. The number of halogens is 3. The Balaban J connectivity index is 2.36. The van der Waals surface area contributed by atoms with Crippen LogP contribution >= 0.6 is 0 Å². The minimum atomic E-state index is -4.43. The number of carbonyl (C=O) groups is 2. The fourth-order valence-corrected chi connectivity index (χ4v) is 3.37. The van der Waals surface area contributed by atoms with E-state index in [0.717, 1.165) is 18.2 Å². The molecule has 1 heterocycles. The molecule has 1 aromatic rings. The summed E-state index contributed by atoms with van der Waals surface area (Å²) in [4.78, 5) is 31.9. The van der Waals surface area contributed by atoms with Crippen LogP contribution in [-0.2, 0) is 15.8 Å². The first kappa shape index (κ1) is 25.7. The second kappa shape index (κ2) is 11.3.